The summed E-state index contributed by atoms with van der Waals surface area (Å²) in [4.78, 5) is 59.4. The number of rotatable bonds is 4. The minimum atomic E-state index is -0.347. The molecule has 1 N–H and O–H groups in total. The van der Waals surface area contributed by atoms with Gasteiger partial charge in [0.25, 0.3) is 11.8 Å². The molecule has 188 valence electrons. The molecule has 0 aliphatic carbocycles. The molecule has 1 aromatic rings. The number of carbonyl (C=O) groups excluding carboxylic acids is 4. The Kier molecular flexibility index (Phi) is 7.62. The highest BCUT2D eigenvalue weighted by Crippen LogP contribution is 2.30. The third-order valence-corrected chi connectivity index (χ3v) is 6.71. The van der Waals surface area contributed by atoms with Crippen LogP contribution in [0, 0.1) is 6.92 Å². The highest BCUT2D eigenvalue weighted by molar-refractivity contribution is 6.39. The van der Waals surface area contributed by atoms with E-state index in [1.54, 1.807) is 21.6 Å². The predicted molar refractivity (Wildman–Crippen MR) is 127 cm³/mol. The van der Waals surface area contributed by atoms with Crippen LogP contribution in [0.5, 0.6) is 0 Å². The molecule has 11 nitrogen and oxygen atoms in total. The van der Waals surface area contributed by atoms with Gasteiger partial charge in [0, 0.05) is 63.7 Å². The summed E-state index contributed by atoms with van der Waals surface area (Å²) in [5.74, 6) is -0.338. The van der Waals surface area contributed by atoms with Crippen LogP contribution in [0.1, 0.15) is 60.3 Å². The van der Waals surface area contributed by atoms with Crippen molar-refractivity contribution in [3.05, 3.63) is 29.1 Å². The molecule has 0 aromatic carbocycles. The van der Waals surface area contributed by atoms with Gasteiger partial charge in [0.15, 0.2) is 0 Å². The maximum Gasteiger partial charge on any atom is 0.409 e. The standard InChI is InChI=1S/C24H32N6O5/c1-3-35-24(34)30-14-12-29(13-15-30)22(32)18-5-4-16(2)25-21(18)17-8-10-28(11-9-17)23(33)19-6-7-20(31)27-26-19/h4-5,17H,3,6-15H2,1-2H3,(H,27,31). The molecule has 2 fully saturated rings. The van der Waals surface area contributed by atoms with Gasteiger partial charge in [-0.05, 0) is 38.8 Å². The normalized spacial score (nSPS) is 19.2. The summed E-state index contributed by atoms with van der Waals surface area (Å²) >= 11 is 0. The number of ether oxygens (including phenoxy) is 1. The molecule has 35 heavy (non-hydrogen) atoms. The van der Waals surface area contributed by atoms with Gasteiger partial charge in [-0.25, -0.2) is 10.2 Å². The lowest BCUT2D eigenvalue weighted by Gasteiger charge is -2.35. The Morgan fingerprint density at radius 3 is 2.26 bits per heavy atom. The molecule has 0 radical (unpaired) electrons. The Morgan fingerprint density at radius 2 is 1.63 bits per heavy atom. The molecule has 0 spiro atoms. The van der Waals surface area contributed by atoms with E-state index in [-0.39, 0.29) is 36.2 Å². The number of piperazine rings is 1. The SMILES string of the molecule is CCOC(=O)N1CCN(C(=O)c2ccc(C)nc2C2CCN(C(=O)C3=NNC(=O)CC3)CC2)CC1. The molecule has 0 saturated carbocycles. The summed E-state index contributed by atoms with van der Waals surface area (Å²) in [6.07, 6.45) is 1.66. The van der Waals surface area contributed by atoms with E-state index in [1.165, 1.54) is 0 Å². The van der Waals surface area contributed by atoms with Crippen molar-refractivity contribution in [1.82, 2.24) is 25.1 Å². The fourth-order valence-electron chi connectivity index (χ4n) is 4.71. The third kappa shape index (κ3) is 5.60. The van der Waals surface area contributed by atoms with Crippen molar-refractivity contribution < 1.29 is 23.9 Å². The minimum absolute atomic E-state index is 0.0618. The van der Waals surface area contributed by atoms with Gasteiger partial charge in [-0.3, -0.25) is 19.4 Å². The predicted octanol–water partition coefficient (Wildman–Crippen LogP) is 1.28. The van der Waals surface area contributed by atoms with Gasteiger partial charge in [-0.15, -0.1) is 0 Å². The van der Waals surface area contributed by atoms with Crippen molar-refractivity contribution in [2.75, 3.05) is 45.9 Å². The van der Waals surface area contributed by atoms with Crippen molar-refractivity contribution in [2.45, 2.75) is 45.4 Å². The van der Waals surface area contributed by atoms with E-state index in [1.807, 2.05) is 19.1 Å². The third-order valence-electron chi connectivity index (χ3n) is 6.71. The molecule has 2 saturated heterocycles. The van der Waals surface area contributed by atoms with Crippen molar-refractivity contribution in [3.63, 3.8) is 0 Å². The van der Waals surface area contributed by atoms with Crippen molar-refractivity contribution >= 4 is 29.5 Å². The molecule has 0 unspecified atom stereocenters. The quantitative estimate of drug-likeness (QED) is 0.686. The van der Waals surface area contributed by atoms with Crippen LogP contribution in [0.4, 0.5) is 4.79 Å². The van der Waals surface area contributed by atoms with Crippen LogP contribution >= 0.6 is 0 Å². The molecule has 0 bridgehead atoms. The molecular formula is C24H32N6O5. The van der Waals surface area contributed by atoms with Gasteiger partial charge in [0.05, 0.1) is 17.9 Å². The molecule has 4 heterocycles. The number of pyridine rings is 1. The van der Waals surface area contributed by atoms with Crippen LogP contribution in [0.25, 0.3) is 0 Å². The second-order valence-electron chi connectivity index (χ2n) is 9.02. The first-order valence-electron chi connectivity index (χ1n) is 12.2. The first kappa shape index (κ1) is 24.6. The second-order valence-corrected chi connectivity index (χ2v) is 9.02. The molecule has 1 aromatic heterocycles. The zero-order valence-corrected chi connectivity index (χ0v) is 20.3. The molecule has 3 aliphatic heterocycles. The average molecular weight is 485 g/mol. The van der Waals surface area contributed by atoms with E-state index in [0.717, 1.165) is 11.4 Å². The lowest BCUT2D eigenvalue weighted by molar-refractivity contribution is -0.125. The van der Waals surface area contributed by atoms with Gasteiger partial charge in [0.2, 0.25) is 5.91 Å². The Bertz CT molecular complexity index is 1030. The van der Waals surface area contributed by atoms with Crippen LogP contribution in [-0.4, -0.2) is 95.1 Å². The summed E-state index contributed by atoms with van der Waals surface area (Å²) in [6.45, 7) is 6.83. The number of aromatic nitrogens is 1. The Morgan fingerprint density at radius 1 is 0.971 bits per heavy atom. The second kappa shape index (κ2) is 10.8. The lowest BCUT2D eigenvalue weighted by atomic mass is 9.89. The fourth-order valence-corrected chi connectivity index (χ4v) is 4.71. The van der Waals surface area contributed by atoms with E-state index in [4.69, 9.17) is 9.72 Å². The maximum absolute atomic E-state index is 13.4. The number of hydrogen-bond acceptors (Lipinski definition) is 7. The van der Waals surface area contributed by atoms with Gasteiger partial charge < -0.3 is 19.4 Å². The summed E-state index contributed by atoms with van der Waals surface area (Å²) in [7, 11) is 0. The number of piperidine rings is 1. The Hall–Kier alpha value is -3.50. The van der Waals surface area contributed by atoms with Crippen molar-refractivity contribution in [3.8, 4) is 0 Å². The number of nitrogens with one attached hydrogen (secondary N) is 1. The van der Waals surface area contributed by atoms with E-state index in [2.05, 4.69) is 10.5 Å². The summed E-state index contributed by atoms with van der Waals surface area (Å²) < 4.78 is 5.06. The summed E-state index contributed by atoms with van der Waals surface area (Å²) in [5, 5.41) is 3.92. The molecule has 4 amide bonds. The van der Waals surface area contributed by atoms with E-state index >= 15 is 0 Å². The number of hydrogen-bond donors (Lipinski definition) is 1. The zero-order valence-electron chi connectivity index (χ0n) is 20.3. The monoisotopic (exact) mass is 484 g/mol. The maximum atomic E-state index is 13.4. The largest absolute Gasteiger partial charge is 0.450 e. The zero-order chi connectivity index (χ0) is 24.9. The van der Waals surface area contributed by atoms with Gasteiger partial charge in [-0.2, -0.15) is 5.10 Å². The molecule has 0 atom stereocenters. The summed E-state index contributed by atoms with van der Waals surface area (Å²) in [6, 6.07) is 3.69. The number of aryl methyl sites for hydroxylation is 1. The van der Waals surface area contributed by atoms with Crippen LogP contribution in [0.3, 0.4) is 0 Å². The van der Waals surface area contributed by atoms with E-state index in [9.17, 15) is 19.2 Å². The van der Waals surface area contributed by atoms with E-state index in [0.29, 0.717) is 76.4 Å². The van der Waals surface area contributed by atoms with Gasteiger partial charge >= 0.3 is 6.09 Å². The number of nitrogens with zero attached hydrogens (tertiary/aromatic N) is 5. The lowest BCUT2D eigenvalue weighted by Crippen LogP contribution is -2.51. The van der Waals surface area contributed by atoms with Crippen LogP contribution in [0.15, 0.2) is 17.2 Å². The minimum Gasteiger partial charge on any atom is -0.450 e. The highest BCUT2D eigenvalue weighted by Gasteiger charge is 2.32. The molecule has 4 rings (SSSR count). The Balaban J connectivity index is 1.40. The Labute approximate surface area is 204 Å². The molecular weight excluding hydrogens is 452 g/mol. The summed E-state index contributed by atoms with van der Waals surface area (Å²) in [5.41, 5.74) is 4.97. The van der Waals surface area contributed by atoms with E-state index < -0.39 is 0 Å². The first-order valence-corrected chi connectivity index (χ1v) is 12.2. The highest BCUT2D eigenvalue weighted by atomic mass is 16.6. The van der Waals surface area contributed by atoms with Crippen LogP contribution < -0.4 is 5.43 Å². The molecule has 11 heteroatoms. The van der Waals surface area contributed by atoms with Crippen LogP contribution in [-0.2, 0) is 14.3 Å². The van der Waals surface area contributed by atoms with Crippen molar-refractivity contribution in [2.24, 2.45) is 5.10 Å². The molecule has 3 aliphatic rings. The number of likely N-dealkylation sites (tertiary alicyclic amines) is 1. The number of carbonyl (C=O) groups is 4. The first-order chi connectivity index (χ1) is 16.9. The topological polar surface area (TPSA) is 125 Å². The van der Waals surface area contributed by atoms with Gasteiger partial charge in [0.1, 0.15) is 5.71 Å². The number of hydrazone groups is 1. The van der Waals surface area contributed by atoms with Crippen molar-refractivity contribution in [1.29, 1.82) is 0 Å². The van der Waals surface area contributed by atoms with Crippen LogP contribution in [0.2, 0.25) is 0 Å². The smallest absolute Gasteiger partial charge is 0.409 e. The number of amides is 4. The average Bonchev–Trinajstić information content (AvgIpc) is 2.88. The van der Waals surface area contributed by atoms with Gasteiger partial charge in [-0.1, -0.05) is 0 Å². The fraction of sp³-hybridized carbons (Fsp3) is 0.583.